The Labute approximate surface area is 217 Å². The first-order valence-electron chi connectivity index (χ1n) is 11.1. The summed E-state index contributed by atoms with van der Waals surface area (Å²) >= 11 is 11.8. The molecule has 1 aromatic heterocycles. The van der Waals surface area contributed by atoms with E-state index in [4.69, 9.17) is 28.2 Å². The molecule has 1 amide bonds. The molecule has 5 nitrogen and oxygen atoms in total. The standard InChI is InChI=1S/C29H19ClN2O3S/c30-25-17-22(14-15-23(25)24-16-21-8-4-5-9-26(21)35-28(24)34)31-29(36)32-27(33)20-12-10-19(11-13-20)18-6-2-1-3-7-18/h1-17H,(H2,31,32,33,36). The van der Waals surface area contributed by atoms with Crippen molar-refractivity contribution in [2.24, 2.45) is 0 Å². The van der Waals surface area contributed by atoms with Gasteiger partial charge in [-0.25, -0.2) is 4.79 Å². The van der Waals surface area contributed by atoms with E-state index in [0.717, 1.165) is 16.5 Å². The molecule has 176 valence electrons. The van der Waals surface area contributed by atoms with E-state index in [0.29, 0.717) is 33.0 Å². The van der Waals surface area contributed by atoms with Crippen molar-refractivity contribution in [3.05, 3.63) is 124 Å². The highest BCUT2D eigenvalue weighted by molar-refractivity contribution is 7.80. The number of amides is 1. The van der Waals surface area contributed by atoms with Gasteiger partial charge in [0.1, 0.15) is 5.58 Å². The minimum atomic E-state index is -0.475. The van der Waals surface area contributed by atoms with E-state index in [-0.39, 0.29) is 11.0 Å². The van der Waals surface area contributed by atoms with E-state index in [1.807, 2.05) is 54.6 Å². The number of benzene rings is 4. The molecule has 7 heteroatoms. The highest BCUT2D eigenvalue weighted by Gasteiger charge is 2.13. The van der Waals surface area contributed by atoms with Gasteiger partial charge in [0.25, 0.3) is 5.91 Å². The molecule has 0 saturated carbocycles. The maximum atomic E-state index is 12.6. The zero-order valence-corrected chi connectivity index (χ0v) is 20.4. The zero-order valence-electron chi connectivity index (χ0n) is 18.8. The van der Waals surface area contributed by atoms with Crippen LogP contribution in [0.3, 0.4) is 0 Å². The number of rotatable bonds is 4. The van der Waals surface area contributed by atoms with Gasteiger partial charge in [0, 0.05) is 22.2 Å². The topological polar surface area (TPSA) is 71.3 Å². The van der Waals surface area contributed by atoms with Crippen LogP contribution in [0.25, 0.3) is 33.2 Å². The van der Waals surface area contributed by atoms with Gasteiger partial charge in [0.05, 0.1) is 10.6 Å². The minimum absolute atomic E-state index is 0.126. The highest BCUT2D eigenvalue weighted by Crippen LogP contribution is 2.30. The zero-order chi connectivity index (χ0) is 25.1. The van der Waals surface area contributed by atoms with Crippen molar-refractivity contribution in [2.45, 2.75) is 0 Å². The minimum Gasteiger partial charge on any atom is -0.422 e. The molecule has 0 unspecified atom stereocenters. The summed E-state index contributed by atoms with van der Waals surface area (Å²) in [5.41, 5.74) is 4.07. The van der Waals surface area contributed by atoms with E-state index in [2.05, 4.69) is 10.6 Å². The van der Waals surface area contributed by atoms with Gasteiger partial charge in [-0.05, 0) is 59.7 Å². The molecule has 0 atom stereocenters. The van der Waals surface area contributed by atoms with E-state index >= 15 is 0 Å². The number of carbonyl (C=O) groups excluding carboxylic acids is 1. The van der Waals surface area contributed by atoms with Gasteiger partial charge in [-0.3, -0.25) is 10.1 Å². The van der Waals surface area contributed by atoms with Crippen molar-refractivity contribution >= 4 is 51.5 Å². The Balaban J connectivity index is 1.27. The van der Waals surface area contributed by atoms with E-state index < -0.39 is 5.63 Å². The number of carbonyl (C=O) groups is 1. The average molecular weight is 511 g/mol. The Morgan fingerprint density at radius 2 is 1.47 bits per heavy atom. The van der Waals surface area contributed by atoms with Gasteiger partial charge in [-0.2, -0.15) is 0 Å². The third-order valence-electron chi connectivity index (χ3n) is 5.64. The summed E-state index contributed by atoms with van der Waals surface area (Å²) in [7, 11) is 0. The van der Waals surface area contributed by atoms with Crippen molar-refractivity contribution < 1.29 is 9.21 Å². The molecule has 0 saturated heterocycles. The van der Waals surface area contributed by atoms with Crippen LogP contribution >= 0.6 is 23.8 Å². The quantitative estimate of drug-likeness (QED) is 0.203. The molecule has 0 bridgehead atoms. The largest absolute Gasteiger partial charge is 0.422 e. The molecule has 4 aromatic carbocycles. The molecule has 2 N–H and O–H groups in total. The molecule has 0 radical (unpaired) electrons. The van der Waals surface area contributed by atoms with Crippen LogP contribution < -0.4 is 16.3 Å². The molecule has 0 aliphatic heterocycles. The lowest BCUT2D eigenvalue weighted by Crippen LogP contribution is -2.34. The Morgan fingerprint density at radius 3 is 2.22 bits per heavy atom. The van der Waals surface area contributed by atoms with Crippen LogP contribution in [-0.2, 0) is 0 Å². The number of hydrogen-bond acceptors (Lipinski definition) is 4. The fraction of sp³-hybridized carbons (Fsp3) is 0. The average Bonchev–Trinajstić information content (AvgIpc) is 2.89. The first-order chi connectivity index (χ1) is 17.5. The third kappa shape index (κ3) is 5.05. The fourth-order valence-electron chi connectivity index (χ4n) is 3.84. The normalized spacial score (nSPS) is 10.7. The first-order valence-corrected chi connectivity index (χ1v) is 11.9. The van der Waals surface area contributed by atoms with Gasteiger partial charge in [-0.1, -0.05) is 78.3 Å². The Bertz CT molecular complexity index is 1650. The van der Waals surface area contributed by atoms with Crippen molar-refractivity contribution in [1.29, 1.82) is 0 Å². The molecule has 0 fully saturated rings. The predicted molar refractivity (Wildman–Crippen MR) is 148 cm³/mol. The Morgan fingerprint density at radius 1 is 0.778 bits per heavy atom. The summed E-state index contributed by atoms with van der Waals surface area (Å²) in [6.07, 6.45) is 0. The van der Waals surface area contributed by atoms with Gasteiger partial charge in [-0.15, -0.1) is 0 Å². The van der Waals surface area contributed by atoms with E-state index in [9.17, 15) is 9.59 Å². The van der Waals surface area contributed by atoms with Crippen molar-refractivity contribution in [3.63, 3.8) is 0 Å². The smallest absolute Gasteiger partial charge is 0.344 e. The van der Waals surface area contributed by atoms with Crippen LogP contribution in [-0.4, -0.2) is 11.0 Å². The number of nitrogens with one attached hydrogen (secondary N) is 2. The second kappa shape index (κ2) is 10.2. The summed E-state index contributed by atoms with van der Waals surface area (Å²) in [5, 5.41) is 6.89. The number of para-hydroxylation sites is 1. The summed E-state index contributed by atoms with van der Waals surface area (Å²) in [6, 6.07) is 31.3. The monoisotopic (exact) mass is 510 g/mol. The molecule has 5 rings (SSSR count). The number of halogens is 1. The Hall–Kier alpha value is -4.26. The van der Waals surface area contributed by atoms with Crippen molar-refractivity contribution in [3.8, 4) is 22.3 Å². The van der Waals surface area contributed by atoms with Gasteiger partial charge >= 0.3 is 5.63 Å². The molecular weight excluding hydrogens is 492 g/mol. The molecule has 36 heavy (non-hydrogen) atoms. The van der Waals surface area contributed by atoms with Gasteiger partial charge in [0.15, 0.2) is 5.11 Å². The number of fused-ring (bicyclic) bond motifs is 1. The lowest BCUT2D eigenvalue weighted by Gasteiger charge is -2.12. The fourth-order valence-corrected chi connectivity index (χ4v) is 4.34. The number of thiocarbonyl (C=S) groups is 1. The first kappa shape index (κ1) is 23.5. The predicted octanol–water partition coefficient (Wildman–Crippen LogP) is 6.91. The van der Waals surface area contributed by atoms with Crippen LogP contribution in [0.2, 0.25) is 5.02 Å². The van der Waals surface area contributed by atoms with E-state index in [1.54, 1.807) is 48.5 Å². The van der Waals surface area contributed by atoms with Gasteiger partial charge in [0.2, 0.25) is 0 Å². The van der Waals surface area contributed by atoms with Crippen molar-refractivity contribution in [1.82, 2.24) is 5.32 Å². The van der Waals surface area contributed by atoms with Crippen LogP contribution in [0.4, 0.5) is 5.69 Å². The summed E-state index contributed by atoms with van der Waals surface area (Å²) in [6.45, 7) is 0. The third-order valence-corrected chi connectivity index (χ3v) is 6.16. The molecule has 0 aliphatic rings. The molecule has 0 spiro atoms. The van der Waals surface area contributed by atoms with Crippen LogP contribution in [0.1, 0.15) is 10.4 Å². The van der Waals surface area contributed by atoms with Crippen LogP contribution in [0.5, 0.6) is 0 Å². The van der Waals surface area contributed by atoms with E-state index in [1.165, 1.54) is 0 Å². The molecule has 0 aliphatic carbocycles. The molecule has 5 aromatic rings. The maximum absolute atomic E-state index is 12.6. The lowest BCUT2D eigenvalue weighted by atomic mass is 10.0. The van der Waals surface area contributed by atoms with Gasteiger partial charge < -0.3 is 9.73 Å². The summed E-state index contributed by atoms with van der Waals surface area (Å²) in [4.78, 5) is 25.1. The second-order valence-corrected chi connectivity index (χ2v) is 8.85. The molecular formula is C29H19ClN2O3S. The maximum Gasteiger partial charge on any atom is 0.344 e. The summed E-state index contributed by atoms with van der Waals surface area (Å²) in [5.74, 6) is -0.330. The summed E-state index contributed by atoms with van der Waals surface area (Å²) < 4.78 is 5.42. The Kier molecular flexibility index (Phi) is 6.62. The number of hydrogen-bond donors (Lipinski definition) is 2. The van der Waals surface area contributed by atoms with Crippen LogP contribution in [0, 0.1) is 0 Å². The highest BCUT2D eigenvalue weighted by atomic mass is 35.5. The number of anilines is 1. The lowest BCUT2D eigenvalue weighted by molar-refractivity contribution is 0.0977. The SMILES string of the molecule is O=C(NC(=S)Nc1ccc(-c2cc3ccccc3oc2=O)c(Cl)c1)c1ccc(-c2ccccc2)cc1. The van der Waals surface area contributed by atoms with Crippen molar-refractivity contribution in [2.75, 3.05) is 5.32 Å². The molecule has 1 heterocycles. The second-order valence-electron chi connectivity index (χ2n) is 8.03. The van der Waals surface area contributed by atoms with Crippen LogP contribution in [0.15, 0.2) is 112 Å².